The third-order valence-electron chi connectivity index (χ3n) is 14.2. The van der Waals surface area contributed by atoms with E-state index in [1.165, 1.54) is 72.5 Å². The van der Waals surface area contributed by atoms with Crippen LogP contribution < -0.4 is 26.4 Å². The lowest BCUT2D eigenvalue weighted by Crippen LogP contribution is -2.61. The number of hydrogen-bond donors (Lipinski definition) is 0. The minimum Gasteiger partial charge on any atom is -0.468 e. The summed E-state index contributed by atoms with van der Waals surface area (Å²) in [6, 6.07) is 51.8. The zero-order valence-electron chi connectivity index (χ0n) is 40.6. The molecular weight excluding hydrogens is 803 g/mol. The minimum atomic E-state index is -0.215. The summed E-state index contributed by atoms with van der Waals surface area (Å²) >= 11 is 0. The third kappa shape index (κ3) is 6.56. The number of rotatable bonds is 4. The smallest absolute Gasteiger partial charge is 0.297 e. The van der Waals surface area contributed by atoms with Gasteiger partial charge in [0.2, 0.25) is 0 Å². The van der Waals surface area contributed by atoms with Crippen molar-refractivity contribution in [2.75, 3.05) is 9.80 Å². The van der Waals surface area contributed by atoms with Crippen LogP contribution >= 0.6 is 0 Å². The number of furan rings is 2. The summed E-state index contributed by atoms with van der Waals surface area (Å²) in [6.07, 6.45) is 0. The third-order valence-corrected chi connectivity index (χ3v) is 14.2. The van der Waals surface area contributed by atoms with E-state index in [-0.39, 0.29) is 23.0 Å². The van der Waals surface area contributed by atoms with Gasteiger partial charge >= 0.3 is 0 Å². The van der Waals surface area contributed by atoms with Crippen molar-refractivity contribution in [2.45, 2.75) is 99.3 Å². The molecule has 0 amide bonds. The van der Waals surface area contributed by atoms with E-state index in [2.05, 4.69) is 226 Å². The molecule has 2 aliphatic heterocycles. The first-order chi connectivity index (χ1) is 31.4. The lowest BCUT2D eigenvalue weighted by molar-refractivity contribution is 0.589. The molecular formula is C61H59BN2O2. The second-order valence-electron chi connectivity index (χ2n) is 22.0. The molecule has 0 unspecified atom stereocenters. The summed E-state index contributed by atoms with van der Waals surface area (Å²) < 4.78 is 14.0. The predicted octanol–water partition coefficient (Wildman–Crippen LogP) is 15.4. The molecule has 0 saturated carbocycles. The lowest BCUT2D eigenvalue weighted by atomic mass is 9.35. The maximum absolute atomic E-state index is 7.39. The number of hydrogen-bond acceptors (Lipinski definition) is 4. The summed E-state index contributed by atoms with van der Waals surface area (Å²) in [4.78, 5) is 5.11. The van der Waals surface area contributed by atoms with E-state index >= 15 is 0 Å². The molecule has 0 saturated heterocycles. The molecule has 11 rings (SSSR count). The molecule has 0 aliphatic carbocycles. The van der Waals surface area contributed by atoms with Gasteiger partial charge in [-0.2, -0.15) is 0 Å². The van der Waals surface area contributed by atoms with Crippen LogP contribution in [0.25, 0.3) is 44.4 Å². The largest absolute Gasteiger partial charge is 0.468 e. The van der Waals surface area contributed by atoms with Gasteiger partial charge in [0.25, 0.3) is 6.71 Å². The Morgan fingerprint density at radius 2 is 1.06 bits per heavy atom. The van der Waals surface area contributed by atoms with Crippen molar-refractivity contribution in [3.8, 4) is 22.5 Å². The van der Waals surface area contributed by atoms with Gasteiger partial charge < -0.3 is 18.6 Å². The molecule has 2 aliphatic rings. The van der Waals surface area contributed by atoms with Crippen LogP contribution in [-0.4, -0.2) is 6.71 Å². The molecule has 0 atom stereocenters. The average molecular weight is 863 g/mol. The Bertz CT molecular complexity index is 3370. The molecule has 0 fully saturated rings. The van der Waals surface area contributed by atoms with E-state index in [1.807, 2.05) is 6.07 Å². The molecule has 4 nitrogen and oxygen atoms in total. The summed E-state index contributed by atoms with van der Waals surface area (Å²) in [5.41, 5.74) is 23.0. The highest BCUT2D eigenvalue weighted by Gasteiger charge is 2.48. The summed E-state index contributed by atoms with van der Waals surface area (Å²) in [5, 5.41) is 2.22. The molecule has 0 bridgehead atoms. The fourth-order valence-corrected chi connectivity index (χ4v) is 10.7. The highest BCUT2D eigenvalue weighted by atomic mass is 16.3. The first-order valence-corrected chi connectivity index (χ1v) is 23.6. The van der Waals surface area contributed by atoms with Crippen molar-refractivity contribution < 1.29 is 8.83 Å². The van der Waals surface area contributed by atoms with E-state index in [4.69, 9.17) is 8.83 Å². The number of anilines is 6. The molecule has 2 aromatic heterocycles. The zero-order valence-corrected chi connectivity index (χ0v) is 40.6. The first-order valence-electron chi connectivity index (χ1n) is 23.6. The van der Waals surface area contributed by atoms with E-state index in [9.17, 15) is 0 Å². The number of fused-ring (bicyclic) bond motifs is 7. The molecule has 0 spiro atoms. The number of nitrogens with zero attached hydrogens (tertiary/aromatic N) is 2. The standard InChI is InChI=1S/C61H59BN2O2/c1-36-29-43(60(7,8)9)30-37(2)55(36)64-50-23-18-22-49-54(50)62(58-57(64)46-34-42(59(4,5)6)26-28-52(46)66-58)47-32-41(53-33-40-21-16-17-24-51(40)65-53)25-27-48(47)63(49)56-38(3)31-44(61(10,11)12)35-45(56)39-19-14-13-15-20-39/h13-35H,1-12H3. The van der Waals surface area contributed by atoms with Crippen molar-refractivity contribution >= 4 is 79.4 Å². The molecule has 0 N–H and O–H groups in total. The van der Waals surface area contributed by atoms with Gasteiger partial charge in [0, 0.05) is 39.0 Å². The Hall–Kier alpha value is -6.72. The quantitative estimate of drug-likeness (QED) is 0.165. The van der Waals surface area contributed by atoms with Crippen molar-refractivity contribution in [3.05, 3.63) is 173 Å². The van der Waals surface area contributed by atoms with Crippen molar-refractivity contribution in [3.63, 3.8) is 0 Å². The Balaban J connectivity index is 1.27. The van der Waals surface area contributed by atoms with Gasteiger partial charge in [-0.05, 0) is 141 Å². The molecule has 9 aromatic rings. The van der Waals surface area contributed by atoms with Gasteiger partial charge in [0.15, 0.2) is 0 Å². The molecule has 5 heteroatoms. The van der Waals surface area contributed by atoms with Crippen LogP contribution in [0.15, 0.2) is 148 Å². The highest BCUT2D eigenvalue weighted by Crippen LogP contribution is 2.51. The molecule has 7 aromatic carbocycles. The maximum atomic E-state index is 7.39. The molecule has 4 heterocycles. The first kappa shape index (κ1) is 42.0. The van der Waals surface area contributed by atoms with Crippen LogP contribution in [0.2, 0.25) is 0 Å². The van der Waals surface area contributed by atoms with E-state index in [0.29, 0.717) is 0 Å². The van der Waals surface area contributed by atoms with Crippen molar-refractivity contribution in [1.29, 1.82) is 0 Å². The fraction of sp³-hybridized carbons (Fsp3) is 0.246. The number of aryl methyl sites for hydroxylation is 3. The Morgan fingerprint density at radius 1 is 0.439 bits per heavy atom. The summed E-state index contributed by atoms with van der Waals surface area (Å²) in [6.45, 7) is 27.4. The topological polar surface area (TPSA) is 32.8 Å². The monoisotopic (exact) mass is 862 g/mol. The van der Waals surface area contributed by atoms with Gasteiger partial charge in [0.1, 0.15) is 16.9 Å². The highest BCUT2D eigenvalue weighted by molar-refractivity contribution is 7.00. The molecule has 328 valence electrons. The molecule has 66 heavy (non-hydrogen) atoms. The summed E-state index contributed by atoms with van der Waals surface area (Å²) in [5.74, 6) is 0.850. The van der Waals surface area contributed by atoms with Gasteiger partial charge in [-0.3, -0.25) is 0 Å². The van der Waals surface area contributed by atoms with Gasteiger partial charge in [0.05, 0.1) is 22.7 Å². The summed E-state index contributed by atoms with van der Waals surface area (Å²) in [7, 11) is 0. The molecule has 0 radical (unpaired) electrons. The van der Waals surface area contributed by atoms with Crippen LogP contribution in [0.4, 0.5) is 34.1 Å². The average Bonchev–Trinajstić information content (AvgIpc) is 3.88. The van der Waals surface area contributed by atoms with E-state index in [0.717, 1.165) is 56.0 Å². The normalized spacial score (nSPS) is 13.7. The van der Waals surface area contributed by atoms with Gasteiger partial charge in [-0.25, -0.2) is 0 Å². The van der Waals surface area contributed by atoms with E-state index < -0.39 is 0 Å². The van der Waals surface area contributed by atoms with Crippen LogP contribution in [0.3, 0.4) is 0 Å². The van der Waals surface area contributed by atoms with Gasteiger partial charge in [-0.15, -0.1) is 0 Å². The second-order valence-corrected chi connectivity index (χ2v) is 22.0. The lowest BCUT2D eigenvalue weighted by Gasteiger charge is -2.44. The number of benzene rings is 7. The van der Waals surface area contributed by atoms with Crippen LogP contribution in [0.5, 0.6) is 0 Å². The van der Waals surface area contributed by atoms with Crippen molar-refractivity contribution in [1.82, 2.24) is 0 Å². The van der Waals surface area contributed by atoms with Gasteiger partial charge in [-0.1, -0.05) is 147 Å². The fourth-order valence-electron chi connectivity index (χ4n) is 10.7. The van der Waals surface area contributed by atoms with Crippen LogP contribution in [0, 0.1) is 20.8 Å². The van der Waals surface area contributed by atoms with Crippen molar-refractivity contribution in [2.24, 2.45) is 0 Å². The minimum absolute atomic E-state index is 0.000676. The SMILES string of the molecule is Cc1cc(C(C)(C)C)cc(C)c1N1c2cccc3c2B(c2cc(-c4cc5ccccc5o4)ccc2N3c2c(C)cc(C(C)(C)C)cc2-c2ccccc2)c2oc3ccc(C(C)(C)C)cc3c21. The van der Waals surface area contributed by atoms with Crippen LogP contribution in [0.1, 0.15) is 95.7 Å². The Kier molecular flexibility index (Phi) is 9.31. The second kappa shape index (κ2) is 14.6. The van der Waals surface area contributed by atoms with E-state index in [1.54, 1.807) is 0 Å². The number of para-hydroxylation sites is 1. The Labute approximate surface area is 391 Å². The zero-order chi connectivity index (χ0) is 46.2. The Morgan fingerprint density at radius 3 is 1.73 bits per heavy atom. The predicted molar refractivity (Wildman–Crippen MR) is 281 cm³/mol. The maximum Gasteiger partial charge on any atom is 0.297 e. The van der Waals surface area contributed by atoms with Crippen LogP contribution in [-0.2, 0) is 16.2 Å².